The summed E-state index contributed by atoms with van der Waals surface area (Å²) < 4.78 is 48.6. The van der Waals surface area contributed by atoms with Gasteiger partial charge in [0.2, 0.25) is 0 Å². The Morgan fingerprint density at radius 3 is 2.62 bits per heavy atom. The van der Waals surface area contributed by atoms with Crippen molar-refractivity contribution in [1.29, 1.82) is 0 Å². The van der Waals surface area contributed by atoms with Gasteiger partial charge in [-0.1, -0.05) is 5.16 Å². The first-order valence-corrected chi connectivity index (χ1v) is 5.77. The van der Waals surface area contributed by atoms with E-state index in [-0.39, 0.29) is 12.4 Å². The van der Waals surface area contributed by atoms with Crippen molar-refractivity contribution in [3.63, 3.8) is 0 Å². The summed E-state index contributed by atoms with van der Waals surface area (Å²) in [4.78, 5) is 10.7. The normalized spacial score (nSPS) is 11.4. The summed E-state index contributed by atoms with van der Waals surface area (Å²) in [6.45, 7) is 1.42. The van der Waals surface area contributed by atoms with Crippen molar-refractivity contribution in [1.82, 2.24) is 5.16 Å². The number of carbonyl (C=O) groups is 1. The summed E-state index contributed by atoms with van der Waals surface area (Å²) in [5.74, 6) is -1.65. The number of halogens is 3. The highest BCUT2D eigenvalue weighted by Gasteiger charge is 2.35. The van der Waals surface area contributed by atoms with Crippen LogP contribution in [0.2, 0.25) is 0 Å². The number of alkyl halides is 3. The summed E-state index contributed by atoms with van der Waals surface area (Å²) in [6, 6.07) is 4.07. The molecule has 0 saturated carbocycles. The van der Waals surface area contributed by atoms with Crippen molar-refractivity contribution in [2.24, 2.45) is 0 Å². The number of aromatic carboxylic acids is 1. The summed E-state index contributed by atoms with van der Waals surface area (Å²) in [7, 11) is 0. The van der Waals surface area contributed by atoms with Gasteiger partial charge in [0.15, 0.2) is 5.76 Å². The Morgan fingerprint density at radius 2 is 2.10 bits per heavy atom. The van der Waals surface area contributed by atoms with E-state index in [1.54, 1.807) is 6.92 Å². The Balaban J connectivity index is 2.27. The molecule has 1 heterocycles. The maximum atomic E-state index is 12.9. The van der Waals surface area contributed by atoms with Crippen LogP contribution in [-0.2, 0) is 12.8 Å². The van der Waals surface area contributed by atoms with Crippen molar-refractivity contribution in [2.75, 3.05) is 0 Å². The predicted molar refractivity (Wildman–Crippen MR) is 64.0 cm³/mol. The lowest BCUT2D eigenvalue weighted by Gasteiger charge is -2.13. The van der Waals surface area contributed by atoms with E-state index in [2.05, 4.69) is 5.16 Å². The van der Waals surface area contributed by atoms with Gasteiger partial charge in [0.1, 0.15) is 12.4 Å². The molecule has 1 aromatic heterocycles. The molecule has 1 N–H and O–H groups in total. The number of hydrogen-bond donors (Lipinski definition) is 1. The Bertz CT molecular complexity index is 664. The fraction of sp³-hybridized carbons (Fsp3) is 0.231. The number of carboxylic acids is 1. The second-order valence-electron chi connectivity index (χ2n) is 4.24. The van der Waals surface area contributed by atoms with Gasteiger partial charge in [-0.3, -0.25) is 0 Å². The van der Waals surface area contributed by atoms with Crippen LogP contribution in [0.5, 0.6) is 5.75 Å². The zero-order chi connectivity index (χ0) is 15.6. The monoisotopic (exact) mass is 301 g/mol. The molecule has 0 aliphatic carbocycles. The van der Waals surface area contributed by atoms with E-state index in [4.69, 9.17) is 14.4 Å². The van der Waals surface area contributed by atoms with Gasteiger partial charge in [0.25, 0.3) is 0 Å². The van der Waals surface area contributed by atoms with Crippen LogP contribution in [0.25, 0.3) is 0 Å². The molecule has 0 fully saturated rings. The summed E-state index contributed by atoms with van der Waals surface area (Å²) in [6.07, 6.45) is -4.72. The van der Waals surface area contributed by atoms with E-state index >= 15 is 0 Å². The average molecular weight is 301 g/mol. The van der Waals surface area contributed by atoms with Gasteiger partial charge in [-0.25, -0.2) is 4.79 Å². The molecular weight excluding hydrogens is 291 g/mol. The van der Waals surface area contributed by atoms with Crippen molar-refractivity contribution in [3.8, 4) is 5.75 Å². The number of benzene rings is 1. The minimum Gasteiger partial charge on any atom is -0.485 e. The minimum absolute atomic E-state index is 0.240. The maximum absolute atomic E-state index is 12.9. The van der Waals surface area contributed by atoms with Gasteiger partial charge in [-0.15, -0.1) is 0 Å². The first-order chi connectivity index (χ1) is 9.77. The van der Waals surface area contributed by atoms with Crippen molar-refractivity contribution in [3.05, 3.63) is 46.8 Å². The highest BCUT2D eigenvalue weighted by Crippen LogP contribution is 2.37. The largest absolute Gasteiger partial charge is 0.485 e. The van der Waals surface area contributed by atoms with Crippen molar-refractivity contribution >= 4 is 5.97 Å². The van der Waals surface area contributed by atoms with Gasteiger partial charge in [-0.2, -0.15) is 13.2 Å². The second kappa shape index (κ2) is 5.47. The number of rotatable bonds is 4. The SMILES string of the molecule is Cc1cc(COc2ccc(C(=O)O)cc2C(F)(F)F)on1. The molecule has 0 spiro atoms. The number of nitrogens with zero attached hydrogens (tertiary/aromatic N) is 1. The highest BCUT2D eigenvalue weighted by atomic mass is 19.4. The average Bonchev–Trinajstić information content (AvgIpc) is 2.81. The van der Waals surface area contributed by atoms with E-state index in [1.165, 1.54) is 6.07 Å². The van der Waals surface area contributed by atoms with E-state index in [1.807, 2.05) is 0 Å². The third-order valence-electron chi connectivity index (χ3n) is 2.58. The third-order valence-corrected chi connectivity index (χ3v) is 2.58. The molecule has 5 nitrogen and oxygen atoms in total. The van der Waals surface area contributed by atoms with Crippen LogP contribution in [0.3, 0.4) is 0 Å². The highest BCUT2D eigenvalue weighted by molar-refractivity contribution is 5.88. The smallest absolute Gasteiger partial charge is 0.419 e. The molecule has 0 atom stereocenters. The minimum atomic E-state index is -4.72. The molecule has 112 valence electrons. The van der Waals surface area contributed by atoms with Gasteiger partial charge in [0, 0.05) is 6.07 Å². The lowest BCUT2D eigenvalue weighted by Crippen LogP contribution is -2.10. The van der Waals surface area contributed by atoms with Gasteiger partial charge >= 0.3 is 12.1 Å². The molecule has 21 heavy (non-hydrogen) atoms. The maximum Gasteiger partial charge on any atom is 0.419 e. The topological polar surface area (TPSA) is 72.6 Å². The molecule has 1 aromatic carbocycles. The molecule has 0 unspecified atom stereocenters. The Morgan fingerprint density at radius 1 is 1.38 bits per heavy atom. The van der Waals surface area contributed by atoms with E-state index in [9.17, 15) is 18.0 Å². The van der Waals surface area contributed by atoms with Gasteiger partial charge in [-0.05, 0) is 25.1 Å². The van der Waals surface area contributed by atoms with Crippen LogP contribution in [-0.4, -0.2) is 16.2 Å². The molecule has 0 aliphatic heterocycles. The second-order valence-corrected chi connectivity index (χ2v) is 4.24. The summed E-state index contributed by atoms with van der Waals surface area (Å²) >= 11 is 0. The molecule has 2 rings (SSSR count). The molecule has 0 radical (unpaired) electrons. The Hall–Kier alpha value is -2.51. The van der Waals surface area contributed by atoms with Gasteiger partial charge < -0.3 is 14.4 Å². The number of ether oxygens (including phenoxy) is 1. The predicted octanol–water partition coefficient (Wildman–Crippen LogP) is 3.28. The zero-order valence-electron chi connectivity index (χ0n) is 10.8. The molecular formula is C13H10F3NO4. The van der Waals surface area contributed by atoms with E-state index < -0.39 is 29.0 Å². The summed E-state index contributed by atoms with van der Waals surface area (Å²) in [5.41, 5.74) is -1.05. The number of hydrogen-bond acceptors (Lipinski definition) is 4. The number of carboxylic acid groups (broad SMARTS) is 1. The Labute approximate surface area is 116 Å². The summed E-state index contributed by atoms with van der Waals surface area (Å²) in [5, 5.41) is 12.3. The number of aryl methyl sites for hydroxylation is 1. The lowest BCUT2D eigenvalue weighted by atomic mass is 10.1. The molecule has 0 bridgehead atoms. The van der Waals surface area contributed by atoms with Crippen LogP contribution in [0.1, 0.15) is 27.4 Å². The van der Waals surface area contributed by atoms with E-state index in [0.717, 1.165) is 12.1 Å². The number of aromatic nitrogens is 1. The first kappa shape index (κ1) is 14.9. The van der Waals surface area contributed by atoms with Crippen molar-refractivity contribution in [2.45, 2.75) is 19.7 Å². The van der Waals surface area contributed by atoms with Crippen LogP contribution < -0.4 is 4.74 Å². The zero-order valence-corrected chi connectivity index (χ0v) is 10.8. The van der Waals surface area contributed by atoms with Gasteiger partial charge in [0.05, 0.1) is 16.8 Å². The Kier molecular flexibility index (Phi) is 3.88. The lowest BCUT2D eigenvalue weighted by molar-refractivity contribution is -0.139. The fourth-order valence-electron chi connectivity index (χ4n) is 1.64. The van der Waals surface area contributed by atoms with E-state index in [0.29, 0.717) is 11.8 Å². The quantitative estimate of drug-likeness (QED) is 0.938. The van der Waals surface area contributed by atoms with Crippen molar-refractivity contribution < 1.29 is 32.3 Å². The molecule has 0 amide bonds. The van der Waals surface area contributed by atoms with Crippen LogP contribution in [0.4, 0.5) is 13.2 Å². The van der Waals surface area contributed by atoms with Crippen LogP contribution in [0.15, 0.2) is 28.8 Å². The third kappa shape index (κ3) is 3.53. The molecule has 8 heteroatoms. The molecule has 0 aliphatic rings. The molecule has 0 saturated heterocycles. The fourth-order valence-corrected chi connectivity index (χ4v) is 1.64. The standard InChI is InChI=1S/C13H10F3NO4/c1-7-4-9(21-17-7)6-20-11-3-2-8(12(18)19)5-10(11)13(14,15)16/h2-5H,6H2,1H3,(H,18,19). The molecule has 2 aromatic rings. The van der Waals surface area contributed by atoms with Crippen LogP contribution >= 0.6 is 0 Å². The van der Waals surface area contributed by atoms with Crippen LogP contribution in [0, 0.1) is 6.92 Å². The first-order valence-electron chi connectivity index (χ1n) is 5.77.